The zero-order chi connectivity index (χ0) is 20.2. The molecule has 0 spiro atoms. The summed E-state index contributed by atoms with van der Waals surface area (Å²) in [5, 5.41) is 5.52. The number of amides is 2. The van der Waals surface area contributed by atoms with Crippen LogP contribution in [0.3, 0.4) is 0 Å². The molecule has 2 aromatic carbocycles. The lowest BCUT2D eigenvalue weighted by atomic mass is 10.1. The average Bonchev–Trinajstić information content (AvgIpc) is 2.60. The van der Waals surface area contributed by atoms with Gasteiger partial charge in [0.05, 0.1) is 23.2 Å². The Bertz CT molecular complexity index is 938. The van der Waals surface area contributed by atoms with Crippen LogP contribution >= 0.6 is 0 Å². The zero-order valence-corrected chi connectivity index (χ0v) is 16.5. The Kier molecular flexibility index (Phi) is 6.22. The summed E-state index contributed by atoms with van der Waals surface area (Å²) in [6, 6.07) is 12.9. The van der Waals surface area contributed by atoms with Crippen LogP contribution in [-0.4, -0.2) is 39.6 Å². The van der Waals surface area contributed by atoms with E-state index in [0.717, 1.165) is 10.6 Å². The van der Waals surface area contributed by atoms with Gasteiger partial charge in [0.2, 0.25) is 10.0 Å². The summed E-state index contributed by atoms with van der Waals surface area (Å²) in [6.45, 7) is 3.71. The van der Waals surface area contributed by atoms with Crippen LogP contribution in [0.5, 0.6) is 0 Å². The molecule has 0 unspecified atom stereocenters. The van der Waals surface area contributed by atoms with Crippen molar-refractivity contribution in [2.45, 2.75) is 19.9 Å². The van der Waals surface area contributed by atoms with Gasteiger partial charge in [0.1, 0.15) is 0 Å². The normalized spacial score (nSPS) is 11.1. The SMILES string of the molecule is CC(C)NC(=O)c1ccccc1NC(=O)c1ccc(N(C)S(C)(=O)=O)cc1. The van der Waals surface area contributed by atoms with E-state index < -0.39 is 15.9 Å². The van der Waals surface area contributed by atoms with Crippen molar-refractivity contribution in [2.24, 2.45) is 0 Å². The quantitative estimate of drug-likeness (QED) is 0.793. The molecule has 2 amide bonds. The van der Waals surface area contributed by atoms with E-state index in [0.29, 0.717) is 22.5 Å². The molecule has 7 nitrogen and oxygen atoms in total. The molecule has 144 valence electrons. The van der Waals surface area contributed by atoms with Crippen LogP contribution in [0.4, 0.5) is 11.4 Å². The summed E-state index contributed by atoms with van der Waals surface area (Å²) in [5.41, 5.74) is 1.57. The first-order valence-electron chi connectivity index (χ1n) is 8.35. The van der Waals surface area contributed by atoms with Gasteiger partial charge in [0, 0.05) is 18.7 Å². The predicted molar refractivity (Wildman–Crippen MR) is 107 cm³/mol. The first kappa shape index (κ1) is 20.4. The Morgan fingerprint density at radius 2 is 1.56 bits per heavy atom. The van der Waals surface area contributed by atoms with E-state index in [-0.39, 0.29) is 11.9 Å². The standard InChI is InChI=1S/C19H23N3O4S/c1-13(2)20-19(24)16-7-5-6-8-17(16)21-18(23)14-9-11-15(12-10-14)22(3)27(4,25)26/h5-13H,1-4H3,(H,20,24)(H,21,23). The number of nitrogens with one attached hydrogen (secondary N) is 2. The Morgan fingerprint density at radius 3 is 2.11 bits per heavy atom. The highest BCUT2D eigenvalue weighted by atomic mass is 32.2. The Morgan fingerprint density at radius 1 is 0.963 bits per heavy atom. The number of benzene rings is 2. The van der Waals surface area contributed by atoms with Crippen molar-refractivity contribution in [3.05, 3.63) is 59.7 Å². The molecular formula is C19H23N3O4S. The molecule has 0 radical (unpaired) electrons. The molecule has 0 atom stereocenters. The highest BCUT2D eigenvalue weighted by Gasteiger charge is 2.16. The summed E-state index contributed by atoms with van der Waals surface area (Å²) in [7, 11) is -1.94. The second-order valence-electron chi connectivity index (χ2n) is 6.41. The number of carbonyl (C=O) groups excluding carboxylic acids is 2. The molecule has 27 heavy (non-hydrogen) atoms. The molecule has 0 bridgehead atoms. The molecule has 0 aliphatic heterocycles. The molecule has 0 saturated heterocycles. The average molecular weight is 389 g/mol. The van der Waals surface area contributed by atoms with Crippen LogP contribution in [0.1, 0.15) is 34.6 Å². The van der Waals surface area contributed by atoms with Crippen LogP contribution < -0.4 is 14.9 Å². The fourth-order valence-electron chi connectivity index (χ4n) is 2.34. The van der Waals surface area contributed by atoms with E-state index in [2.05, 4.69) is 10.6 Å². The van der Waals surface area contributed by atoms with Crippen LogP contribution in [0, 0.1) is 0 Å². The van der Waals surface area contributed by atoms with Gasteiger partial charge in [-0.3, -0.25) is 13.9 Å². The highest BCUT2D eigenvalue weighted by molar-refractivity contribution is 7.92. The van der Waals surface area contributed by atoms with Crippen molar-refractivity contribution in [1.82, 2.24) is 5.32 Å². The van der Waals surface area contributed by atoms with Crippen LogP contribution in [0.15, 0.2) is 48.5 Å². The third-order valence-corrected chi connectivity index (χ3v) is 5.04. The van der Waals surface area contributed by atoms with Crippen molar-refractivity contribution in [1.29, 1.82) is 0 Å². The van der Waals surface area contributed by atoms with E-state index in [9.17, 15) is 18.0 Å². The summed E-state index contributed by atoms with van der Waals surface area (Å²) >= 11 is 0. The summed E-state index contributed by atoms with van der Waals surface area (Å²) < 4.78 is 24.3. The summed E-state index contributed by atoms with van der Waals surface area (Å²) in [6.07, 6.45) is 1.10. The third kappa shape index (κ3) is 5.30. The van der Waals surface area contributed by atoms with E-state index >= 15 is 0 Å². The van der Waals surface area contributed by atoms with Crippen molar-refractivity contribution < 1.29 is 18.0 Å². The molecule has 0 aliphatic rings. The number of sulfonamides is 1. The van der Waals surface area contributed by atoms with Crippen LogP contribution in [0.25, 0.3) is 0 Å². The number of nitrogens with zero attached hydrogens (tertiary/aromatic N) is 1. The maximum Gasteiger partial charge on any atom is 0.255 e. The zero-order valence-electron chi connectivity index (χ0n) is 15.7. The Hall–Kier alpha value is -2.87. The fourth-order valence-corrected chi connectivity index (χ4v) is 2.84. The molecule has 2 rings (SSSR count). The fraction of sp³-hybridized carbons (Fsp3) is 0.263. The molecule has 2 N–H and O–H groups in total. The summed E-state index contributed by atoms with van der Waals surface area (Å²) in [5.74, 6) is -0.667. The number of carbonyl (C=O) groups is 2. The largest absolute Gasteiger partial charge is 0.350 e. The lowest BCUT2D eigenvalue weighted by molar-refractivity contribution is 0.0944. The number of rotatable bonds is 6. The molecular weight excluding hydrogens is 366 g/mol. The molecule has 2 aromatic rings. The maximum atomic E-state index is 12.5. The van der Waals surface area contributed by atoms with Gasteiger partial charge >= 0.3 is 0 Å². The first-order chi connectivity index (χ1) is 12.6. The van der Waals surface area contributed by atoms with Crippen molar-refractivity contribution in [3.63, 3.8) is 0 Å². The minimum Gasteiger partial charge on any atom is -0.350 e. The van der Waals surface area contributed by atoms with Gasteiger partial charge in [-0.15, -0.1) is 0 Å². The van der Waals surface area contributed by atoms with Gasteiger partial charge in [0.15, 0.2) is 0 Å². The van der Waals surface area contributed by atoms with Gasteiger partial charge in [0.25, 0.3) is 11.8 Å². The number of hydrogen-bond acceptors (Lipinski definition) is 4. The second kappa shape index (κ2) is 8.22. The topological polar surface area (TPSA) is 95.6 Å². The number of para-hydroxylation sites is 1. The number of hydrogen-bond donors (Lipinski definition) is 2. The van der Waals surface area contributed by atoms with Gasteiger partial charge in [-0.25, -0.2) is 8.42 Å². The minimum atomic E-state index is -3.37. The predicted octanol–water partition coefficient (Wildman–Crippen LogP) is 2.47. The third-order valence-electron chi connectivity index (χ3n) is 3.83. The van der Waals surface area contributed by atoms with E-state index in [4.69, 9.17) is 0 Å². The van der Waals surface area contributed by atoms with Gasteiger partial charge < -0.3 is 10.6 Å². The minimum absolute atomic E-state index is 0.0272. The van der Waals surface area contributed by atoms with Gasteiger partial charge in [-0.05, 0) is 50.2 Å². The Balaban J connectivity index is 2.20. The van der Waals surface area contributed by atoms with Crippen LogP contribution in [-0.2, 0) is 10.0 Å². The van der Waals surface area contributed by atoms with Crippen molar-refractivity contribution in [2.75, 3.05) is 22.9 Å². The van der Waals surface area contributed by atoms with Crippen LogP contribution in [0.2, 0.25) is 0 Å². The van der Waals surface area contributed by atoms with Crippen molar-refractivity contribution in [3.8, 4) is 0 Å². The molecule has 8 heteroatoms. The van der Waals surface area contributed by atoms with E-state index in [1.807, 2.05) is 13.8 Å². The first-order valence-corrected chi connectivity index (χ1v) is 10.2. The number of anilines is 2. The second-order valence-corrected chi connectivity index (χ2v) is 8.42. The van der Waals surface area contributed by atoms with E-state index in [1.165, 1.54) is 19.2 Å². The van der Waals surface area contributed by atoms with Gasteiger partial charge in [-0.2, -0.15) is 0 Å². The summed E-state index contributed by atoms with van der Waals surface area (Å²) in [4.78, 5) is 24.8. The molecule has 0 aromatic heterocycles. The monoisotopic (exact) mass is 389 g/mol. The van der Waals surface area contributed by atoms with E-state index in [1.54, 1.807) is 36.4 Å². The molecule has 0 heterocycles. The molecule has 0 saturated carbocycles. The lowest BCUT2D eigenvalue weighted by Crippen LogP contribution is -2.31. The highest BCUT2D eigenvalue weighted by Crippen LogP contribution is 2.19. The van der Waals surface area contributed by atoms with Gasteiger partial charge in [-0.1, -0.05) is 12.1 Å². The molecule has 0 aliphatic carbocycles. The lowest BCUT2D eigenvalue weighted by Gasteiger charge is -2.17. The Labute approximate surface area is 159 Å². The molecule has 0 fully saturated rings. The smallest absolute Gasteiger partial charge is 0.255 e. The van der Waals surface area contributed by atoms with Crippen molar-refractivity contribution >= 4 is 33.2 Å². The maximum absolute atomic E-state index is 12.5.